The van der Waals surface area contributed by atoms with Crippen LogP contribution in [0.3, 0.4) is 0 Å². The third-order valence-electron chi connectivity index (χ3n) is 2.47. The number of aromatic carboxylic acids is 1. The van der Waals surface area contributed by atoms with Crippen LogP contribution in [0.1, 0.15) is 15.9 Å². The Kier molecular flexibility index (Phi) is 4.30. The van der Waals surface area contributed by atoms with Crippen LogP contribution in [0.15, 0.2) is 42.5 Å². The molecule has 2 aromatic rings. The first-order valence-corrected chi connectivity index (χ1v) is 6.22. The van der Waals surface area contributed by atoms with Gasteiger partial charge in [-0.25, -0.2) is 4.79 Å². The lowest BCUT2D eigenvalue weighted by Gasteiger charge is -2.11. The molecule has 0 fully saturated rings. The molecular formula is C14H10Cl2O3. The van der Waals surface area contributed by atoms with Gasteiger partial charge < -0.3 is 9.84 Å². The summed E-state index contributed by atoms with van der Waals surface area (Å²) in [5, 5.41) is 9.93. The second-order valence-corrected chi connectivity index (χ2v) is 4.68. The van der Waals surface area contributed by atoms with Gasteiger partial charge in [0.05, 0.1) is 5.02 Å². The van der Waals surface area contributed by atoms with Crippen molar-refractivity contribution in [3.05, 3.63) is 63.6 Å². The Hall–Kier alpha value is -1.71. The highest BCUT2D eigenvalue weighted by molar-refractivity contribution is 6.32. The van der Waals surface area contributed by atoms with Gasteiger partial charge in [0.2, 0.25) is 0 Å². The Morgan fingerprint density at radius 3 is 2.58 bits per heavy atom. The van der Waals surface area contributed by atoms with Crippen molar-refractivity contribution < 1.29 is 14.6 Å². The van der Waals surface area contributed by atoms with Crippen molar-refractivity contribution in [3.63, 3.8) is 0 Å². The zero-order valence-electron chi connectivity index (χ0n) is 9.77. The molecule has 0 bridgehead atoms. The molecule has 0 atom stereocenters. The number of carbonyl (C=O) groups is 1. The Morgan fingerprint density at radius 1 is 1.16 bits per heavy atom. The summed E-state index contributed by atoms with van der Waals surface area (Å²) in [4.78, 5) is 11.1. The van der Waals surface area contributed by atoms with Crippen molar-refractivity contribution in [2.45, 2.75) is 6.61 Å². The van der Waals surface area contributed by atoms with Gasteiger partial charge in [-0.1, -0.05) is 41.4 Å². The van der Waals surface area contributed by atoms with Crippen LogP contribution in [-0.2, 0) is 6.61 Å². The van der Waals surface area contributed by atoms with Crippen molar-refractivity contribution in [3.8, 4) is 5.75 Å². The van der Waals surface area contributed by atoms with Crippen molar-refractivity contribution >= 4 is 29.2 Å². The second kappa shape index (κ2) is 5.95. The van der Waals surface area contributed by atoms with Crippen molar-refractivity contribution in [2.24, 2.45) is 0 Å². The SMILES string of the molecule is O=C(O)c1cccc(Cl)c1OCc1cccc(Cl)c1. The van der Waals surface area contributed by atoms with Crippen molar-refractivity contribution in [1.82, 2.24) is 0 Å². The van der Waals surface area contributed by atoms with E-state index < -0.39 is 5.97 Å². The van der Waals surface area contributed by atoms with Gasteiger partial charge in [-0.3, -0.25) is 0 Å². The van der Waals surface area contributed by atoms with Gasteiger partial charge in [-0.05, 0) is 29.8 Å². The molecule has 0 aliphatic carbocycles. The van der Waals surface area contributed by atoms with Gasteiger partial charge in [0.15, 0.2) is 5.75 Å². The number of rotatable bonds is 4. The number of benzene rings is 2. The van der Waals surface area contributed by atoms with Crippen molar-refractivity contribution in [2.75, 3.05) is 0 Å². The molecule has 0 unspecified atom stereocenters. The quantitative estimate of drug-likeness (QED) is 0.916. The maximum Gasteiger partial charge on any atom is 0.339 e. The molecule has 0 aromatic heterocycles. The summed E-state index contributed by atoms with van der Waals surface area (Å²) in [5.41, 5.74) is 0.873. The van der Waals surface area contributed by atoms with E-state index in [1.165, 1.54) is 6.07 Å². The number of para-hydroxylation sites is 1. The second-order valence-electron chi connectivity index (χ2n) is 3.84. The zero-order valence-corrected chi connectivity index (χ0v) is 11.3. The standard InChI is InChI=1S/C14H10Cl2O3/c15-10-4-1-3-9(7-10)8-19-13-11(14(17)18)5-2-6-12(13)16/h1-7H,8H2,(H,17,18). The predicted molar refractivity (Wildman–Crippen MR) is 74.2 cm³/mol. The lowest BCUT2D eigenvalue weighted by atomic mass is 10.2. The predicted octanol–water partition coefficient (Wildman–Crippen LogP) is 4.27. The topological polar surface area (TPSA) is 46.5 Å². The number of carboxylic acid groups (broad SMARTS) is 1. The molecule has 0 saturated heterocycles. The lowest BCUT2D eigenvalue weighted by molar-refractivity contribution is 0.0692. The third-order valence-corrected chi connectivity index (χ3v) is 3.00. The Labute approximate surface area is 120 Å². The first-order valence-electron chi connectivity index (χ1n) is 5.47. The Morgan fingerprint density at radius 2 is 1.89 bits per heavy atom. The molecule has 0 heterocycles. The molecule has 1 N–H and O–H groups in total. The smallest absolute Gasteiger partial charge is 0.339 e. The van der Waals surface area contributed by atoms with Crippen LogP contribution in [0.5, 0.6) is 5.75 Å². The van der Waals surface area contributed by atoms with E-state index in [2.05, 4.69) is 0 Å². The molecule has 0 aliphatic heterocycles. The molecule has 0 saturated carbocycles. The highest BCUT2D eigenvalue weighted by atomic mass is 35.5. The lowest BCUT2D eigenvalue weighted by Crippen LogP contribution is -2.04. The number of hydrogen-bond donors (Lipinski definition) is 1. The number of carboxylic acids is 1. The van der Waals surface area contributed by atoms with Crippen molar-refractivity contribution in [1.29, 1.82) is 0 Å². The summed E-state index contributed by atoms with van der Waals surface area (Å²) in [6, 6.07) is 11.7. The van der Waals surface area contributed by atoms with Gasteiger partial charge in [0, 0.05) is 5.02 Å². The van der Waals surface area contributed by atoms with Gasteiger partial charge in [-0.2, -0.15) is 0 Å². The first kappa shape index (κ1) is 13.7. The minimum atomic E-state index is -1.08. The van der Waals surface area contributed by atoms with Gasteiger partial charge in [0.1, 0.15) is 12.2 Å². The van der Waals surface area contributed by atoms with Crippen LogP contribution in [0.25, 0.3) is 0 Å². The summed E-state index contributed by atoms with van der Waals surface area (Å²) in [6.45, 7) is 0.199. The van der Waals surface area contributed by atoms with E-state index in [4.69, 9.17) is 33.0 Å². The summed E-state index contributed by atoms with van der Waals surface area (Å²) < 4.78 is 5.50. The minimum Gasteiger partial charge on any atom is -0.486 e. The molecule has 2 rings (SSSR count). The van der Waals surface area contributed by atoms with E-state index in [9.17, 15) is 4.79 Å². The number of halogens is 2. The number of ether oxygens (including phenoxy) is 1. The molecule has 19 heavy (non-hydrogen) atoms. The Bertz CT molecular complexity index is 611. The van der Waals surface area contributed by atoms with E-state index in [-0.39, 0.29) is 22.9 Å². The molecular weight excluding hydrogens is 287 g/mol. The van der Waals surface area contributed by atoms with Crippen LogP contribution < -0.4 is 4.74 Å². The zero-order chi connectivity index (χ0) is 13.8. The molecule has 0 radical (unpaired) electrons. The molecule has 2 aromatic carbocycles. The minimum absolute atomic E-state index is 0.0366. The summed E-state index contributed by atoms with van der Waals surface area (Å²) in [7, 11) is 0. The normalized spacial score (nSPS) is 10.2. The molecule has 5 heteroatoms. The van der Waals surface area contributed by atoms with E-state index in [0.717, 1.165) is 5.56 Å². The largest absolute Gasteiger partial charge is 0.486 e. The van der Waals surface area contributed by atoms with Crippen LogP contribution in [0.4, 0.5) is 0 Å². The molecule has 0 aliphatic rings. The van der Waals surface area contributed by atoms with E-state index >= 15 is 0 Å². The fourth-order valence-corrected chi connectivity index (χ4v) is 2.05. The van der Waals surface area contributed by atoms with Gasteiger partial charge >= 0.3 is 5.97 Å². The monoisotopic (exact) mass is 296 g/mol. The fraction of sp³-hybridized carbons (Fsp3) is 0.0714. The maximum absolute atomic E-state index is 11.1. The van der Waals surface area contributed by atoms with Crippen LogP contribution in [0, 0.1) is 0 Å². The van der Waals surface area contributed by atoms with E-state index in [1.807, 2.05) is 6.07 Å². The fourth-order valence-electron chi connectivity index (χ4n) is 1.61. The average Bonchev–Trinajstić information content (AvgIpc) is 2.37. The van der Waals surface area contributed by atoms with Crippen LogP contribution >= 0.6 is 23.2 Å². The number of hydrogen-bond acceptors (Lipinski definition) is 2. The summed E-state index contributed by atoms with van der Waals surface area (Å²) in [6.07, 6.45) is 0. The summed E-state index contributed by atoms with van der Waals surface area (Å²) >= 11 is 11.8. The third kappa shape index (κ3) is 3.40. The molecule has 98 valence electrons. The highest BCUT2D eigenvalue weighted by Gasteiger charge is 2.14. The van der Waals surface area contributed by atoms with Gasteiger partial charge in [0.25, 0.3) is 0 Å². The highest BCUT2D eigenvalue weighted by Crippen LogP contribution is 2.29. The van der Waals surface area contributed by atoms with Crippen LogP contribution in [-0.4, -0.2) is 11.1 Å². The molecule has 0 spiro atoms. The molecule has 0 amide bonds. The first-order chi connectivity index (χ1) is 9.08. The average molecular weight is 297 g/mol. The molecule has 3 nitrogen and oxygen atoms in total. The van der Waals surface area contributed by atoms with E-state index in [1.54, 1.807) is 30.3 Å². The van der Waals surface area contributed by atoms with E-state index in [0.29, 0.717) is 5.02 Å². The van der Waals surface area contributed by atoms with Gasteiger partial charge in [-0.15, -0.1) is 0 Å². The Balaban J connectivity index is 2.22. The maximum atomic E-state index is 11.1. The summed E-state index contributed by atoms with van der Waals surface area (Å²) in [5.74, 6) is -0.916. The van der Waals surface area contributed by atoms with Crippen LogP contribution in [0.2, 0.25) is 10.0 Å².